The summed E-state index contributed by atoms with van der Waals surface area (Å²) < 4.78 is 0. The fourth-order valence-electron chi connectivity index (χ4n) is 0.890. The third-order valence-corrected chi connectivity index (χ3v) is 1.38. The van der Waals surface area contributed by atoms with Crippen molar-refractivity contribution >= 4 is 6.21 Å². The summed E-state index contributed by atoms with van der Waals surface area (Å²) in [7, 11) is 0. The Morgan fingerprint density at radius 2 is 2.60 bits per heavy atom. The highest BCUT2D eigenvalue weighted by Crippen LogP contribution is 1.97. The van der Waals surface area contributed by atoms with Gasteiger partial charge < -0.3 is 10.6 Å². The predicted octanol–water partition coefficient (Wildman–Crippen LogP) is 0.459. The van der Waals surface area contributed by atoms with E-state index < -0.39 is 0 Å². The molecule has 0 radical (unpaired) electrons. The van der Waals surface area contributed by atoms with Crippen LogP contribution in [-0.4, -0.2) is 19.4 Å². The molecule has 10 heavy (non-hydrogen) atoms. The number of allylic oxidation sites excluding steroid dienone is 1. The Balaban J connectivity index is 2.60. The van der Waals surface area contributed by atoms with Crippen molar-refractivity contribution in [2.75, 3.05) is 13.2 Å². The van der Waals surface area contributed by atoms with E-state index in [0.717, 1.165) is 12.4 Å². The van der Waals surface area contributed by atoms with Crippen molar-refractivity contribution in [2.24, 2.45) is 4.99 Å². The van der Waals surface area contributed by atoms with Crippen LogP contribution >= 0.6 is 0 Å². The molecule has 1 rings (SSSR count). The van der Waals surface area contributed by atoms with Crippen LogP contribution in [-0.2, 0) is 0 Å². The van der Waals surface area contributed by atoms with Gasteiger partial charge in [0.05, 0.1) is 0 Å². The SMILES string of the molecule is CCNC1=C(C)C=NCN1. The van der Waals surface area contributed by atoms with Gasteiger partial charge in [0, 0.05) is 18.3 Å². The molecule has 0 aromatic carbocycles. The lowest BCUT2D eigenvalue weighted by molar-refractivity contribution is 0.695. The first-order chi connectivity index (χ1) is 4.84. The largest absolute Gasteiger partial charge is 0.372 e. The second-order valence-electron chi connectivity index (χ2n) is 2.23. The number of aliphatic imine (C=N–C) groups is 1. The van der Waals surface area contributed by atoms with Gasteiger partial charge in [-0.05, 0) is 13.8 Å². The van der Waals surface area contributed by atoms with Gasteiger partial charge in [-0.1, -0.05) is 0 Å². The molecule has 0 atom stereocenters. The van der Waals surface area contributed by atoms with E-state index in [1.807, 2.05) is 13.1 Å². The third kappa shape index (κ3) is 1.50. The lowest BCUT2D eigenvalue weighted by Crippen LogP contribution is -2.30. The monoisotopic (exact) mass is 139 g/mol. The molecule has 0 aliphatic carbocycles. The van der Waals surface area contributed by atoms with Crippen LogP contribution in [0.4, 0.5) is 0 Å². The number of nitrogens with zero attached hydrogens (tertiary/aromatic N) is 1. The highest BCUT2D eigenvalue weighted by Gasteiger charge is 2.00. The van der Waals surface area contributed by atoms with Gasteiger partial charge in [-0.15, -0.1) is 0 Å². The van der Waals surface area contributed by atoms with E-state index in [0.29, 0.717) is 6.67 Å². The molecule has 0 unspecified atom stereocenters. The average molecular weight is 139 g/mol. The Kier molecular flexibility index (Phi) is 2.31. The zero-order valence-corrected chi connectivity index (χ0v) is 6.44. The highest BCUT2D eigenvalue weighted by atomic mass is 15.1. The molecule has 2 N–H and O–H groups in total. The number of nitrogens with one attached hydrogen (secondary N) is 2. The van der Waals surface area contributed by atoms with Crippen LogP contribution in [0, 0.1) is 0 Å². The first kappa shape index (κ1) is 7.12. The van der Waals surface area contributed by atoms with Crippen LogP contribution in [0.3, 0.4) is 0 Å². The second-order valence-corrected chi connectivity index (χ2v) is 2.23. The summed E-state index contributed by atoms with van der Waals surface area (Å²) in [6.45, 7) is 5.76. The van der Waals surface area contributed by atoms with Gasteiger partial charge in [-0.2, -0.15) is 0 Å². The lowest BCUT2D eigenvalue weighted by Gasteiger charge is -2.15. The summed E-state index contributed by atoms with van der Waals surface area (Å²) in [6.07, 6.45) is 1.88. The van der Waals surface area contributed by atoms with Gasteiger partial charge in [-0.3, -0.25) is 4.99 Å². The van der Waals surface area contributed by atoms with E-state index in [-0.39, 0.29) is 0 Å². The molecule has 0 spiro atoms. The van der Waals surface area contributed by atoms with E-state index in [4.69, 9.17) is 0 Å². The van der Waals surface area contributed by atoms with Crippen LogP contribution in [0.1, 0.15) is 13.8 Å². The van der Waals surface area contributed by atoms with Gasteiger partial charge in [0.2, 0.25) is 0 Å². The Labute approximate surface area is 61.2 Å². The zero-order chi connectivity index (χ0) is 7.40. The summed E-state index contributed by atoms with van der Waals surface area (Å²) in [6, 6.07) is 0. The lowest BCUT2D eigenvalue weighted by atomic mass is 10.3. The summed E-state index contributed by atoms with van der Waals surface area (Å²) in [5.74, 6) is 1.11. The van der Waals surface area contributed by atoms with Crippen molar-refractivity contribution in [1.29, 1.82) is 0 Å². The molecule has 1 heterocycles. The summed E-state index contributed by atoms with van der Waals surface area (Å²) in [5, 5.41) is 6.35. The van der Waals surface area contributed by atoms with E-state index in [1.165, 1.54) is 5.57 Å². The van der Waals surface area contributed by atoms with Gasteiger partial charge in [0.1, 0.15) is 12.5 Å². The number of hydrogen-bond donors (Lipinski definition) is 2. The van der Waals surface area contributed by atoms with Crippen LogP contribution in [0.25, 0.3) is 0 Å². The summed E-state index contributed by atoms with van der Waals surface area (Å²) in [4.78, 5) is 4.06. The molecule has 0 aromatic heterocycles. The van der Waals surface area contributed by atoms with Gasteiger partial charge in [0.15, 0.2) is 0 Å². The summed E-state index contributed by atoms with van der Waals surface area (Å²) >= 11 is 0. The molecule has 0 aromatic rings. The molecular formula is C7H13N3. The Morgan fingerprint density at radius 1 is 1.80 bits per heavy atom. The van der Waals surface area contributed by atoms with Gasteiger partial charge >= 0.3 is 0 Å². The van der Waals surface area contributed by atoms with E-state index >= 15 is 0 Å². The van der Waals surface area contributed by atoms with E-state index in [2.05, 4.69) is 22.5 Å². The maximum Gasteiger partial charge on any atom is 0.108 e. The Morgan fingerprint density at radius 3 is 3.20 bits per heavy atom. The van der Waals surface area contributed by atoms with Crippen molar-refractivity contribution < 1.29 is 0 Å². The van der Waals surface area contributed by atoms with Crippen LogP contribution in [0.5, 0.6) is 0 Å². The van der Waals surface area contributed by atoms with Crippen molar-refractivity contribution in [3.05, 3.63) is 11.4 Å². The van der Waals surface area contributed by atoms with E-state index in [9.17, 15) is 0 Å². The van der Waals surface area contributed by atoms with Gasteiger partial charge in [-0.25, -0.2) is 0 Å². The first-order valence-corrected chi connectivity index (χ1v) is 3.53. The second kappa shape index (κ2) is 3.25. The molecule has 3 nitrogen and oxygen atoms in total. The number of hydrogen-bond acceptors (Lipinski definition) is 3. The number of rotatable bonds is 2. The van der Waals surface area contributed by atoms with Crippen molar-refractivity contribution in [2.45, 2.75) is 13.8 Å². The molecule has 1 aliphatic heterocycles. The average Bonchev–Trinajstić information content (AvgIpc) is 1.94. The zero-order valence-electron chi connectivity index (χ0n) is 6.44. The fraction of sp³-hybridized carbons (Fsp3) is 0.571. The molecule has 0 bridgehead atoms. The van der Waals surface area contributed by atoms with Crippen LogP contribution < -0.4 is 10.6 Å². The summed E-state index contributed by atoms with van der Waals surface area (Å²) in [5.41, 5.74) is 1.17. The Bertz CT molecular complexity index is 170. The predicted molar refractivity (Wildman–Crippen MR) is 42.9 cm³/mol. The normalized spacial score (nSPS) is 17.0. The topological polar surface area (TPSA) is 36.4 Å². The quantitative estimate of drug-likeness (QED) is 0.583. The molecule has 3 heteroatoms. The van der Waals surface area contributed by atoms with Crippen molar-refractivity contribution in [1.82, 2.24) is 10.6 Å². The van der Waals surface area contributed by atoms with Crippen molar-refractivity contribution in [3.63, 3.8) is 0 Å². The molecule has 0 saturated heterocycles. The Hall–Kier alpha value is -0.990. The standard InChI is InChI=1S/C7H13N3/c1-3-9-7-6(2)4-8-5-10-7/h4,9-10H,3,5H2,1-2H3. The molecule has 56 valence electrons. The first-order valence-electron chi connectivity index (χ1n) is 3.53. The molecular weight excluding hydrogens is 126 g/mol. The molecule has 1 aliphatic rings. The highest BCUT2D eigenvalue weighted by molar-refractivity contribution is 5.79. The van der Waals surface area contributed by atoms with Crippen molar-refractivity contribution in [3.8, 4) is 0 Å². The molecule has 0 amide bonds. The minimum Gasteiger partial charge on any atom is -0.372 e. The van der Waals surface area contributed by atoms with Gasteiger partial charge in [0.25, 0.3) is 0 Å². The maximum atomic E-state index is 4.06. The maximum absolute atomic E-state index is 4.06. The third-order valence-electron chi connectivity index (χ3n) is 1.38. The van der Waals surface area contributed by atoms with Crippen LogP contribution in [0.15, 0.2) is 16.4 Å². The minimum atomic E-state index is 0.694. The fourth-order valence-corrected chi connectivity index (χ4v) is 0.890. The smallest absolute Gasteiger partial charge is 0.108 e. The van der Waals surface area contributed by atoms with E-state index in [1.54, 1.807) is 0 Å². The minimum absolute atomic E-state index is 0.694. The molecule has 0 saturated carbocycles. The van der Waals surface area contributed by atoms with Crippen LogP contribution in [0.2, 0.25) is 0 Å². The molecule has 0 fully saturated rings.